The van der Waals surface area contributed by atoms with Crippen LogP contribution in [0.1, 0.15) is 12.8 Å². The number of nitrogens with zero attached hydrogens (tertiary/aromatic N) is 2. The molecule has 1 aromatic carbocycles. The number of benzene rings is 1. The lowest BCUT2D eigenvalue weighted by atomic mass is 10.2. The van der Waals surface area contributed by atoms with E-state index < -0.39 is 26.6 Å². The van der Waals surface area contributed by atoms with Crippen LogP contribution >= 0.6 is 15.9 Å². The Morgan fingerprint density at radius 2 is 2.10 bits per heavy atom. The van der Waals surface area contributed by atoms with E-state index in [0.717, 1.165) is 29.8 Å². The Kier molecular flexibility index (Phi) is 5.02. The van der Waals surface area contributed by atoms with Crippen LogP contribution in [0, 0.1) is 11.6 Å². The van der Waals surface area contributed by atoms with Crippen LogP contribution in [-0.4, -0.2) is 50.8 Å². The van der Waals surface area contributed by atoms with Crippen molar-refractivity contribution in [2.24, 2.45) is 0 Å². The molecule has 0 aliphatic carbocycles. The summed E-state index contributed by atoms with van der Waals surface area (Å²) in [5.74, 6) is -1.91. The molecule has 1 aliphatic rings. The van der Waals surface area contributed by atoms with Gasteiger partial charge in [0.15, 0.2) is 0 Å². The van der Waals surface area contributed by atoms with Gasteiger partial charge in [-0.1, -0.05) is 0 Å². The molecule has 21 heavy (non-hydrogen) atoms. The van der Waals surface area contributed by atoms with Gasteiger partial charge in [0.1, 0.15) is 16.5 Å². The highest BCUT2D eigenvalue weighted by molar-refractivity contribution is 9.10. The first-order valence-electron chi connectivity index (χ1n) is 6.54. The van der Waals surface area contributed by atoms with E-state index in [0.29, 0.717) is 6.07 Å². The maximum Gasteiger partial charge on any atom is 0.246 e. The molecule has 0 bridgehead atoms. The molecule has 1 atom stereocenters. The van der Waals surface area contributed by atoms with Crippen LogP contribution in [-0.2, 0) is 10.0 Å². The molecule has 0 saturated carbocycles. The van der Waals surface area contributed by atoms with Crippen molar-refractivity contribution in [3.63, 3.8) is 0 Å². The first-order valence-corrected chi connectivity index (χ1v) is 8.78. The van der Waals surface area contributed by atoms with Crippen LogP contribution < -0.4 is 0 Å². The van der Waals surface area contributed by atoms with Crippen LogP contribution in [0.25, 0.3) is 0 Å². The highest BCUT2D eigenvalue weighted by atomic mass is 79.9. The summed E-state index contributed by atoms with van der Waals surface area (Å²) in [7, 11) is -0.659. The quantitative estimate of drug-likeness (QED) is 0.802. The van der Waals surface area contributed by atoms with Crippen LogP contribution in [0.3, 0.4) is 0 Å². The van der Waals surface area contributed by atoms with Crippen molar-refractivity contribution in [2.75, 3.05) is 27.2 Å². The number of sulfonamides is 1. The van der Waals surface area contributed by atoms with Crippen molar-refractivity contribution in [3.8, 4) is 0 Å². The van der Waals surface area contributed by atoms with E-state index in [1.807, 2.05) is 7.05 Å². The van der Waals surface area contributed by atoms with Crippen LogP contribution in [0.5, 0.6) is 0 Å². The molecule has 0 amide bonds. The van der Waals surface area contributed by atoms with Crippen molar-refractivity contribution in [3.05, 3.63) is 28.2 Å². The zero-order chi connectivity index (χ0) is 15.8. The lowest BCUT2D eigenvalue weighted by Crippen LogP contribution is -2.39. The summed E-state index contributed by atoms with van der Waals surface area (Å²) in [4.78, 5) is 1.56. The zero-order valence-electron chi connectivity index (χ0n) is 11.8. The topological polar surface area (TPSA) is 40.6 Å². The molecular weight excluding hydrogens is 366 g/mol. The lowest BCUT2D eigenvalue weighted by molar-refractivity contribution is 0.270. The molecule has 0 spiro atoms. The standard InChI is InChI=1S/C13H17BrF2N2O2S/c1-17-5-3-4-10(17)8-18(2)21(19,20)13-11(14)6-9(15)7-12(13)16/h6-7,10H,3-5,8H2,1-2H3. The molecule has 1 fully saturated rings. The molecule has 1 aromatic rings. The van der Waals surface area contributed by atoms with Gasteiger partial charge in [0.05, 0.1) is 0 Å². The molecule has 0 radical (unpaired) electrons. The molecule has 1 saturated heterocycles. The van der Waals surface area contributed by atoms with E-state index in [2.05, 4.69) is 20.8 Å². The van der Waals surface area contributed by atoms with E-state index in [1.165, 1.54) is 7.05 Å². The number of hydrogen-bond donors (Lipinski definition) is 0. The van der Waals surface area contributed by atoms with Gasteiger partial charge in [0.2, 0.25) is 10.0 Å². The first-order chi connectivity index (χ1) is 9.73. The maximum atomic E-state index is 13.9. The monoisotopic (exact) mass is 382 g/mol. The van der Waals surface area contributed by atoms with Gasteiger partial charge in [-0.25, -0.2) is 17.2 Å². The SMILES string of the molecule is CN1CCCC1CN(C)S(=O)(=O)c1c(F)cc(F)cc1Br. The maximum absolute atomic E-state index is 13.9. The second kappa shape index (κ2) is 6.28. The molecule has 0 aromatic heterocycles. The largest absolute Gasteiger partial charge is 0.302 e. The smallest absolute Gasteiger partial charge is 0.246 e. The van der Waals surface area contributed by atoms with Gasteiger partial charge in [0, 0.05) is 30.2 Å². The summed E-state index contributed by atoms with van der Waals surface area (Å²) < 4.78 is 53.0. The molecule has 2 rings (SSSR count). The van der Waals surface area contributed by atoms with E-state index >= 15 is 0 Å². The minimum atomic E-state index is -4.01. The number of halogens is 3. The predicted octanol–water partition coefficient (Wildman–Crippen LogP) is 2.44. The fourth-order valence-electron chi connectivity index (χ4n) is 2.54. The Morgan fingerprint density at radius 1 is 1.43 bits per heavy atom. The Morgan fingerprint density at radius 3 is 2.62 bits per heavy atom. The number of likely N-dealkylation sites (tertiary alicyclic amines) is 1. The third-order valence-corrected chi connectivity index (χ3v) is 6.56. The summed E-state index contributed by atoms with van der Waals surface area (Å²) in [5, 5.41) is 0. The summed E-state index contributed by atoms with van der Waals surface area (Å²) in [6.45, 7) is 1.20. The molecule has 118 valence electrons. The number of likely N-dealkylation sites (N-methyl/N-ethyl adjacent to an activating group) is 2. The summed E-state index contributed by atoms with van der Waals surface area (Å²) in [6, 6.07) is 1.64. The zero-order valence-corrected chi connectivity index (χ0v) is 14.2. The van der Waals surface area contributed by atoms with E-state index in [4.69, 9.17) is 0 Å². The Bertz CT molecular complexity index is 616. The van der Waals surface area contributed by atoms with E-state index in [9.17, 15) is 17.2 Å². The summed E-state index contributed by atoms with van der Waals surface area (Å²) >= 11 is 2.93. The number of rotatable bonds is 4. The molecular formula is C13H17BrF2N2O2S. The van der Waals surface area contributed by atoms with Gasteiger partial charge in [-0.2, -0.15) is 4.31 Å². The molecule has 1 heterocycles. The molecule has 1 aliphatic heterocycles. The van der Waals surface area contributed by atoms with E-state index in [-0.39, 0.29) is 17.1 Å². The molecule has 8 heteroatoms. The average Bonchev–Trinajstić information content (AvgIpc) is 2.73. The predicted molar refractivity (Wildman–Crippen MR) is 79.5 cm³/mol. The summed E-state index contributed by atoms with van der Waals surface area (Å²) in [5.41, 5.74) is 0. The van der Waals surface area contributed by atoms with Gasteiger partial charge in [-0.15, -0.1) is 0 Å². The third kappa shape index (κ3) is 3.44. The second-order valence-corrected chi connectivity index (χ2v) is 8.10. The molecule has 1 unspecified atom stereocenters. The van der Waals surface area contributed by atoms with Crippen LogP contribution in [0.15, 0.2) is 21.5 Å². The van der Waals surface area contributed by atoms with Gasteiger partial charge < -0.3 is 4.90 Å². The lowest BCUT2D eigenvalue weighted by Gasteiger charge is -2.25. The highest BCUT2D eigenvalue weighted by Crippen LogP contribution is 2.29. The van der Waals surface area contributed by atoms with E-state index in [1.54, 1.807) is 0 Å². The van der Waals surface area contributed by atoms with Gasteiger partial charge >= 0.3 is 0 Å². The molecule has 4 nitrogen and oxygen atoms in total. The number of hydrogen-bond acceptors (Lipinski definition) is 3. The van der Waals surface area contributed by atoms with Gasteiger partial charge in [-0.05, 0) is 48.4 Å². The van der Waals surface area contributed by atoms with Crippen molar-refractivity contribution >= 4 is 26.0 Å². The first kappa shape index (κ1) is 16.8. The minimum Gasteiger partial charge on any atom is -0.302 e. The third-order valence-electron chi connectivity index (χ3n) is 3.77. The van der Waals surface area contributed by atoms with Crippen molar-refractivity contribution < 1.29 is 17.2 Å². The molecule has 0 N–H and O–H groups in total. The van der Waals surface area contributed by atoms with Crippen molar-refractivity contribution in [2.45, 2.75) is 23.8 Å². The highest BCUT2D eigenvalue weighted by Gasteiger charge is 2.31. The van der Waals surface area contributed by atoms with Gasteiger partial charge in [-0.3, -0.25) is 0 Å². The minimum absolute atomic E-state index is 0.105. The fourth-order valence-corrected chi connectivity index (χ4v) is 4.85. The Labute approximate surface area is 131 Å². The normalized spacial score (nSPS) is 20.4. The van der Waals surface area contributed by atoms with Gasteiger partial charge in [0.25, 0.3) is 0 Å². The fraction of sp³-hybridized carbons (Fsp3) is 0.538. The van der Waals surface area contributed by atoms with Crippen LogP contribution in [0.4, 0.5) is 8.78 Å². The second-order valence-electron chi connectivity index (χ2n) is 5.26. The van der Waals surface area contributed by atoms with Crippen LogP contribution in [0.2, 0.25) is 0 Å². The Balaban J connectivity index is 2.29. The summed E-state index contributed by atoms with van der Waals surface area (Å²) in [6.07, 6.45) is 1.92. The average molecular weight is 383 g/mol. The Hall–Kier alpha value is -0.570. The van der Waals surface area contributed by atoms with Crippen molar-refractivity contribution in [1.29, 1.82) is 0 Å². The van der Waals surface area contributed by atoms with Crippen molar-refractivity contribution in [1.82, 2.24) is 9.21 Å².